The standard InChI is InChI=1S/C15H15N3S2/c1-10-6-3-4-7-12(10)11(2)18-14(16-17-15(18)19)13-8-5-9-20-13/h3-9,11H,1-2H3,(H,17,19). The molecule has 3 nitrogen and oxygen atoms in total. The van der Waals surface area contributed by atoms with Crippen molar-refractivity contribution in [1.82, 2.24) is 14.8 Å². The first-order valence-corrected chi connectivity index (χ1v) is 7.73. The molecule has 5 heteroatoms. The first-order valence-electron chi connectivity index (χ1n) is 6.45. The van der Waals surface area contributed by atoms with Gasteiger partial charge in [-0.25, -0.2) is 0 Å². The number of nitrogens with zero attached hydrogens (tertiary/aromatic N) is 2. The highest BCUT2D eigenvalue weighted by Crippen LogP contribution is 2.29. The lowest BCUT2D eigenvalue weighted by Crippen LogP contribution is -2.09. The third-order valence-corrected chi connectivity index (χ3v) is 4.63. The Morgan fingerprint density at radius 2 is 2.05 bits per heavy atom. The molecule has 0 amide bonds. The van der Waals surface area contributed by atoms with E-state index in [0.29, 0.717) is 4.77 Å². The van der Waals surface area contributed by atoms with Crippen molar-refractivity contribution in [3.05, 3.63) is 57.7 Å². The Labute approximate surface area is 126 Å². The topological polar surface area (TPSA) is 33.6 Å². The lowest BCUT2D eigenvalue weighted by molar-refractivity contribution is 0.632. The number of rotatable bonds is 3. The molecule has 1 N–H and O–H groups in total. The van der Waals surface area contributed by atoms with Crippen LogP contribution in [0.1, 0.15) is 24.1 Å². The zero-order valence-electron chi connectivity index (χ0n) is 11.3. The molecule has 0 radical (unpaired) electrons. The van der Waals surface area contributed by atoms with Crippen LogP contribution < -0.4 is 0 Å². The average Bonchev–Trinajstić information content (AvgIpc) is 3.07. The minimum Gasteiger partial charge on any atom is -0.292 e. The highest BCUT2D eigenvalue weighted by atomic mass is 32.1. The van der Waals surface area contributed by atoms with Crippen LogP contribution in [0, 0.1) is 11.7 Å². The molecule has 0 fully saturated rings. The van der Waals surface area contributed by atoms with Gasteiger partial charge in [0.15, 0.2) is 10.6 Å². The molecule has 0 aliphatic rings. The molecule has 0 saturated carbocycles. The normalized spacial score (nSPS) is 12.5. The molecule has 102 valence electrons. The second-order valence-electron chi connectivity index (χ2n) is 4.73. The molecule has 2 heterocycles. The molecule has 0 aliphatic carbocycles. The maximum Gasteiger partial charge on any atom is 0.196 e. The van der Waals surface area contributed by atoms with Gasteiger partial charge in [0.25, 0.3) is 0 Å². The summed E-state index contributed by atoms with van der Waals surface area (Å²) in [6.07, 6.45) is 0. The van der Waals surface area contributed by atoms with Crippen LogP contribution in [-0.2, 0) is 0 Å². The Hall–Kier alpha value is -1.72. The maximum absolute atomic E-state index is 5.42. The maximum atomic E-state index is 5.42. The average molecular weight is 301 g/mol. The van der Waals surface area contributed by atoms with Crippen LogP contribution in [0.3, 0.4) is 0 Å². The van der Waals surface area contributed by atoms with Crippen molar-refractivity contribution in [3.63, 3.8) is 0 Å². The monoisotopic (exact) mass is 301 g/mol. The summed E-state index contributed by atoms with van der Waals surface area (Å²) in [5.41, 5.74) is 2.53. The zero-order chi connectivity index (χ0) is 14.1. The van der Waals surface area contributed by atoms with Gasteiger partial charge in [0.2, 0.25) is 0 Å². The van der Waals surface area contributed by atoms with E-state index in [1.807, 2.05) is 6.07 Å². The van der Waals surface area contributed by atoms with E-state index in [1.165, 1.54) is 11.1 Å². The van der Waals surface area contributed by atoms with Crippen molar-refractivity contribution in [3.8, 4) is 10.7 Å². The molecule has 3 rings (SSSR count). The number of benzene rings is 1. The van der Waals surface area contributed by atoms with E-state index in [1.54, 1.807) is 11.3 Å². The smallest absolute Gasteiger partial charge is 0.196 e. The van der Waals surface area contributed by atoms with Crippen molar-refractivity contribution in [2.24, 2.45) is 0 Å². The van der Waals surface area contributed by atoms with Gasteiger partial charge in [0.1, 0.15) is 0 Å². The van der Waals surface area contributed by atoms with Gasteiger partial charge in [0.05, 0.1) is 10.9 Å². The fourth-order valence-electron chi connectivity index (χ4n) is 2.44. The van der Waals surface area contributed by atoms with Crippen molar-refractivity contribution in [1.29, 1.82) is 0 Å². The van der Waals surface area contributed by atoms with Crippen molar-refractivity contribution < 1.29 is 0 Å². The van der Waals surface area contributed by atoms with E-state index in [9.17, 15) is 0 Å². The largest absolute Gasteiger partial charge is 0.292 e. The SMILES string of the molecule is Cc1ccccc1C(C)n1c(-c2cccs2)n[nH]c1=S. The van der Waals surface area contributed by atoms with E-state index in [4.69, 9.17) is 12.2 Å². The summed E-state index contributed by atoms with van der Waals surface area (Å²) in [5.74, 6) is 0.903. The first kappa shape index (κ1) is 13.3. The highest BCUT2D eigenvalue weighted by Gasteiger charge is 2.17. The minimum absolute atomic E-state index is 0.152. The van der Waals surface area contributed by atoms with E-state index < -0.39 is 0 Å². The van der Waals surface area contributed by atoms with Crippen LogP contribution in [0.25, 0.3) is 10.7 Å². The Morgan fingerprint density at radius 3 is 2.75 bits per heavy atom. The van der Waals surface area contributed by atoms with Crippen molar-refractivity contribution in [2.75, 3.05) is 0 Å². The van der Waals surface area contributed by atoms with Gasteiger partial charge >= 0.3 is 0 Å². The molecule has 1 atom stereocenters. The summed E-state index contributed by atoms with van der Waals surface area (Å²) >= 11 is 7.09. The second-order valence-corrected chi connectivity index (χ2v) is 6.07. The number of aromatic nitrogens is 3. The van der Waals surface area contributed by atoms with Gasteiger partial charge in [-0.05, 0) is 48.6 Å². The van der Waals surface area contributed by atoms with Gasteiger partial charge in [-0.1, -0.05) is 30.3 Å². The fourth-order valence-corrected chi connectivity index (χ4v) is 3.44. The molecule has 0 saturated heterocycles. The van der Waals surface area contributed by atoms with Crippen LogP contribution in [0.5, 0.6) is 0 Å². The Balaban J connectivity index is 2.14. The molecular weight excluding hydrogens is 286 g/mol. The summed E-state index contributed by atoms with van der Waals surface area (Å²) in [6.45, 7) is 4.28. The molecule has 1 aromatic carbocycles. The molecule has 2 aromatic heterocycles. The molecule has 0 spiro atoms. The number of hydrogen-bond donors (Lipinski definition) is 1. The van der Waals surface area contributed by atoms with Gasteiger partial charge in [-0.15, -0.1) is 11.3 Å². The molecule has 0 bridgehead atoms. The number of aryl methyl sites for hydroxylation is 1. The molecule has 0 aliphatic heterocycles. The lowest BCUT2D eigenvalue weighted by atomic mass is 10.0. The Morgan fingerprint density at radius 1 is 1.25 bits per heavy atom. The summed E-state index contributed by atoms with van der Waals surface area (Å²) in [7, 11) is 0. The van der Waals surface area contributed by atoms with Crippen LogP contribution in [-0.4, -0.2) is 14.8 Å². The lowest BCUT2D eigenvalue weighted by Gasteiger charge is -2.17. The van der Waals surface area contributed by atoms with Crippen LogP contribution in [0.4, 0.5) is 0 Å². The van der Waals surface area contributed by atoms with E-state index >= 15 is 0 Å². The summed E-state index contributed by atoms with van der Waals surface area (Å²) in [6, 6.07) is 12.6. The number of H-pyrrole nitrogens is 1. The van der Waals surface area contributed by atoms with Crippen molar-refractivity contribution in [2.45, 2.75) is 19.9 Å². The quantitative estimate of drug-likeness (QED) is 0.718. The van der Waals surface area contributed by atoms with Crippen LogP contribution in [0.2, 0.25) is 0 Å². The minimum atomic E-state index is 0.152. The summed E-state index contributed by atoms with van der Waals surface area (Å²) < 4.78 is 2.74. The predicted molar refractivity (Wildman–Crippen MR) is 85.7 cm³/mol. The Kier molecular flexibility index (Phi) is 3.54. The third kappa shape index (κ3) is 2.23. The van der Waals surface area contributed by atoms with E-state index in [0.717, 1.165) is 10.7 Å². The molecule has 3 aromatic rings. The number of thiophene rings is 1. The van der Waals surface area contributed by atoms with Gasteiger partial charge in [-0.3, -0.25) is 9.67 Å². The van der Waals surface area contributed by atoms with E-state index in [-0.39, 0.29) is 6.04 Å². The van der Waals surface area contributed by atoms with Gasteiger partial charge in [-0.2, -0.15) is 5.10 Å². The molecule has 20 heavy (non-hydrogen) atoms. The third-order valence-electron chi connectivity index (χ3n) is 3.47. The highest BCUT2D eigenvalue weighted by molar-refractivity contribution is 7.71. The van der Waals surface area contributed by atoms with Gasteiger partial charge in [0, 0.05) is 0 Å². The van der Waals surface area contributed by atoms with Crippen molar-refractivity contribution >= 4 is 23.6 Å². The van der Waals surface area contributed by atoms with Crippen LogP contribution >= 0.6 is 23.6 Å². The fraction of sp³-hybridized carbons (Fsp3) is 0.200. The molecule has 1 unspecified atom stereocenters. The number of hydrogen-bond acceptors (Lipinski definition) is 3. The second kappa shape index (κ2) is 5.34. The van der Waals surface area contributed by atoms with Gasteiger partial charge < -0.3 is 0 Å². The summed E-state index contributed by atoms with van der Waals surface area (Å²) in [5, 5.41) is 9.36. The number of aromatic amines is 1. The summed E-state index contributed by atoms with van der Waals surface area (Å²) in [4.78, 5) is 1.12. The zero-order valence-corrected chi connectivity index (χ0v) is 13.0. The van der Waals surface area contributed by atoms with Crippen LogP contribution in [0.15, 0.2) is 41.8 Å². The van der Waals surface area contributed by atoms with E-state index in [2.05, 4.69) is 64.3 Å². The Bertz CT molecular complexity index is 769. The first-order chi connectivity index (χ1) is 9.68. The predicted octanol–water partition coefficient (Wildman–Crippen LogP) is 4.59. The molecular formula is C15H15N3S2. The number of nitrogens with one attached hydrogen (secondary N) is 1.